The number of nitrogens with one attached hydrogen (secondary N) is 1. The van der Waals surface area contributed by atoms with Crippen molar-refractivity contribution in [1.82, 2.24) is 25.5 Å². The number of hydrogen-bond acceptors (Lipinski definition) is 8. The maximum Gasteiger partial charge on any atom is 0.336 e. The van der Waals surface area contributed by atoms with Crippen molar-refractivity contribution in [2.75, 3.05) is 7.11 Å². The van der Waals surface area contributed by atoms with Crippen LogP contribution in [0, 0.1) is 0 Å². The third-order valence-electron chi connectivity index (χ3n) is 5.49. The van der Waals surface area contributed by atoms with Crippen molar-refractivity contribution in [3.8, 4) is 40.0 Å². The van der Waals surface area contributed by atoms with E-state index >= 15 is 0 Å². The normalized spacial score (nSPS) is 24.2. The lowest BCUT2D eigenvalue weighted by Gasteiger charge is -2.32. The van der Waals surface area contributed by atoms with Crippen molar-refractivity contribution in [2.24, 2.45) is 0 Å². The molecule has 0 spiro atoms. The molecule has 0 amide bonds. The first-order valence-electron chi connectivity index (χ1n) is 9.89. The van der Waals surface area contributed by atoms with Gasteiger partial charge >= 0.3 is 6.01 Å². The SMILES string of the molecule is COc1cc(-c2ccc(-c3cnc(O[C@@H]4CC5C=C[C@H](N5)[C@@H]4F)nn3)c(O)c2)ccn1. The van der Waals surface area contributed by atoms with Crippen LogP contribution in [0.25, 0.3) is 22.4 Å². The van der Waals surface area contributed by atoms with Crippen molar-refractivity contribution in [3.05, 3.63) is 54.9 Å². The van der Waals surface area contributed by atoms with Crippen molar-refractivity contribution < 1.29 is 19.0 Å². The zero-order valence-electron chi connectivity index (χ0n) is 16.6. The summed E-state index contributed by atoms with van der Waals surface area (Å²) in [4.78, 5) is 8.24. The molecule has 9 heteroatoms. The van der Waals surface area contributed by atoms with Gasteiger partial charge in [-0.05, 0) is 29.3 Å². The monoisotopic (exact) mass is 421 g/mol. The van der Waals surface area contributed by atoms with Crippen molar-refractivity contribution in [3.63, 3.8) is 0 Å². The van der Waals surface area contributed by atoms with Crippen molar-refractivity contribution in [1.29, 1.82) is 0 Å². The highest BCUT2D eigenvalue weighted by Gasteiger charge is 2.40. The van der Waals surface area contributed by atoms with Gasteiger partial charge in [0.15, 0.2) is 6.17 Å². The smallest absolute Gasteiger partial charge is 0.336 e. The van der Waals surface area contributed by atoms with Crippen molar-refractivity contribution in [2.45, 2.75) is 30.8 Å². The van der Waals surface area contributed by atoms with E-state index in [1.54, 1.807) is 31.5 Å². The number of phenols is 1. The summed E-state index contributed by atoms with van der Waals surface area (Å²) in [7, 11) is 1.55. The van der Waals surface area contributed by atoms with Gasteiger partial charge in [-0.1, -0.05) is 23.3 Å². The van der Waals surface area contributed by atoms with E-state index in [4.69, 9.17) is 9.47 Å². The zero-order chi connectivity index (χ0) is 21.4. The maximum atomic E-state index is 14.5. The molecule has 0 radical (unpaired) electrons. The Kier molecular flexibility index (Phi) is 4.95. The first-order valence-corrected chi connectivity index (χ1v) is 9.89. The number of benzene rings is 1. The fourth-order valence-corrected chi connectivity index (χ4v) is 3.89. The molecule has 8 nitrogen and oxygen atoms in total. The second kappa shape index (κ2) is 7.92. The fourth-order valence-electron chi connectivity index (χ4n) is 3.89. The van der Waals surface area contributed by atoms with Crippen LogP contribution in [-0.2, 0) is 0 Å². The highest BCUT2D eigenvalue weighted by atomic mass is 19.1. The largest absolute Gasteiger partial charge is 0.507 e. The number of pyridine rings is 1. The Morgan fingerprint density at radius 1 is 1.10 bits per heavy atom. The topological polar surface area (TPSA) is 102 Å². The van der Waals surface area contributed by atoms with E-state index in [0.717, 1.165) is 11.1 Å². The van der Waals surface area contributed by atoms with Gasteiger partial charge in [0.2, 0.25) is 5.88 Å². The Balaban J connectivity index is 1.32. The second-order valence-electron chi connectivity index (χ2n) is 7.47. The molecule has 2 bridgehead atoms. The molecule has 5 rings (SSSR count). The number of phenolic OH excluding ortho intramolecular Hbond substituents is 1. The first-order chi connectivity index (χ1) is 15.1. The molecule has 2 aliphatic rings. The van der Waals surface area contributed by atoms with E-state index in [2.05, 4.69) is 25.5 Å². The van der Waals surface area contributed by atoms with Gasteiger partial charge in [-0.25, -0.2) is 14.4 Å². The van der Waals surface area contributed by atoms with Gasteiger partial charge < -0.3 is 19.9 Å². The number of alkyl halides is 1. The molecule has 1 saturated heterocycles. The summed E-state index contributed by atoms with van der Waals surface area (Å²) in [5, 5.41) is 21.8. The molecule has 1 unspecified atom stereocenters. The Hall–Kier alpha value is -3.59. The number of rotatable bonds is 5. The Labute approximate surface area is 177 Å². The van der Waals surface area contributed by atoms with E-state index in [1.807, 2.05) is 24.3 Å². The van der Waals surface area contributed by atoms with Gasteiger partial charge in [0.25, 0.3) is 0 Å². The van der Waals surface area contributed by atoms with Crippen LogP contribution >= 0.6 is 0 Å². The minimum absolute atomic E-state index is 0.0118. The number of methoxy groups -OCH3 is 1. The van der Waals surface area contributed by atoms with E-state index in [1.165, 1.54) is 6.20 Å². The lowest BCUT2D eigenvalue weighted by molar-refractivity contribution is 0.0438. The fraction of sp³-hybridized carbons (Fsp3) is 0.273. The number of piperidine rings is 1. The highest BCUT2D eigenvalue weighted by Crippen LogP contribution is 2.33. The summed E-state index contributed by atoms with van der Waals surface area (Å²) in [6.45, 7) is 0. The van der Waals surface area contributed by atoms with Crippen LogP contribution < -0.4 is 14.8 Å². The molecular weight excluding hydrogens is 401 g/mol. The van der Waals surface area contributed by atoms with E-state index < -0.39 is 12.3 Å². The van der Waals surface area contributed by atoms with E-state index in [9.17, 15) is 9.50 Å². The number of nitrogens with zero attached hydrogens (tertiary/aromatic N) is 4. The predicted octanol–water partition coefficient (Wildman–Crippen LogP) is 2.70. The molecule has 158 valence electrons. The third-order valence-corrected chi connectivity index (χ3v) is 5.49. The molecule has 1 fully saturated rings. The Morgan fingerprint density at radius 2 is 1.97 bits per heavy atom. The minimum atomic E-state index is -1.18. The molecule has 31 heavy (non-hydrogen) atoms. The van der Waals surface area contributed by atoms with E-state index in [0.29, 0.717) is 23.6 Å². The molecule has 2 aliphatic heterocycles. The quantitative estimate of drug-likeness (QED) is 0.607. The van der Waals surface area contributed by atoms with Crippen LogP contribution in [0.2, 0.25) is 0 Å². The molecule has 0 aliphatic carbocycles. The molecule has 3 aromatic rings. The number of halogens is 1. The summed E-state index contributed by atoms with van der Waals surface area (Å²) < 4.78 is 25.3. The second-order valence-corrected chi connectivity index (χ2v) is 7.47. The summed E-state index contributed by atoms with van der Waals surface area (Å²) in [5.41, 5.74) is 2.51. The van der Waals surface area contributed by atoms with Crippen molar-refractivity contribution >= 4 is 0 Å². The average molecular weight is 421 g/mol. The van der Waals surface area contributed by atoms with Gasteiger partial charge in [0, 0.05) is 30.3 Å². The molecule has 2 aromatic heterocycles. The minimum Gasteiger partial charge on any atom is -0.507 e. The molecule has 4 heterocycles. The highest BCUT2D eigenvalue weighted by molar-refractivity contribution is 5.74. The lowest BCUT2D eigenvalue weighted by atomic mass is 9.99. The van der Waals surface area contributed by atoms with Gasteiger partial charge in [-0.2, -0.15) is 0 Å². The molecule has 2 N–H and O–H groups in total. The summed E-state index contributed by atoms with van der Waals surface area (Å²) in [6, 6.07) is 8.59. The number of aromatic nitrogens is 4. The Morgan fingerprint density at radius 3 is 2.74 bits per heavy atom. The van der Waals surface area contributed by atoms with Gasteiger partial charge in [-0.3, -0.25) is 0 Å². The molecular formula is C22H20FN5O3. The zero-order valence-corrected chi connectivity index (χ0v) is 16.6. The summed E-state index contributed by atoms with van der Waals surface area (Å²) >= 11 is 0. The summed E-state index contributed by atoms with van der Waals surface area (Å²) in [6.07, 6.45) is 5.56. The van der Waals surface area contributed by atoms with E-state index in [-0.39, 0.29) is 23.8 Å². The van der Waals surface area contributed by atoms with Crippen LogP contribution in [0.1, 0.15) is 6.42 Å². The first kappa shape index (κ1) is 19.4. The van der Waals surface area contributed by atoms with Gasteiger partial charge in [0.05, 0.1) is 19.3 Å². The number of fused-ring (bicyclic) bond motifs is 2. The van der Waals surface area contributed by atoms with Gasteiger partial charge in [0.1, 0.15) is 17.5 Å². The predicted molar refractivity (Wildman–Crippen MR) is 110 cm³/mol. The van der Waals surface area contributed by atoms with Crippen LogP contribution in [0.15, 0.2) is 54.9 Å². The lowest BCUT2D eigenvalue weighted by Crippen LogP contribution is -2.52. The average Bonchev–Trinajstić information content (AvgIpc) is 3.21. The summed E-state index contributed by atoms with van der Waals surface area (Å²) in [5.74, 6) is 0.516. The van der Waals surface area contributed by atoms with Crippen LogP contribution in [0.4, 0.5) is 4.39 Å². The number of ether oxygens (including phenoxy) is 2. The number of hydrogen-bond donors (Lipinski definition) is 2. The molecule has 4 atom stereocenters. The molecule has 0 saturated carbocycles. The van der Waals surface area contributed by atoms with Gasteiger partial charge in [-0.15, -0.1) is 5.10 Å². The third kappa shape index (κ3) is 3.79. The van der Waals surface area contributed by atoms with Crippen LogP contribution in [-0.4, -0.2) is 56.7 Å². The molecule has 1 aromatic carbocycles. The maximum absolute atomic E-state index is 14.5. The standard InChI is InChI=1S/C22H20FN5O3/c1-30-20-9-13(6-7-24-20)12-2-4-15(18(29)8-12)17-11-25-22(28-27-17)31-19-10-14-3-5-16(26-14)21(19)23/h2-9,11,14,16,19,21,26,29H,10H2,1H3/t14?,16-,19+,21-/m0/s1. The number of aromatic hydroxyl groups is 1. The van der Waals surface area contributed by atoms with Crippen LogP contribution in [0.3, 0.4) is 0 Å². The van der Waals surface area contributed by atoms with Crippen LogP contribution in [0.5, 0.6) is 17.6 Å². The Bertz CT molecular complexity index is 1120.